The summed E-state index contributed by atoms with van der Waals surface area (Å²) >= 11 is 3.58. The van der Waals surface area contributed by atoms with Gasteiger partial charge in [0.25, 0.3) is 5.91 Å². The SMILES string of the molecule is CCOCON1C(=O)C(c2c(C)cc(C)cc2Br)=C(OC(=O)C(C)(C)C)C1(C)C. The van der Waals surface area contributed by atoms with Crippen LogP contribution in [0, 0.1) is 19.3 Å². The van der Waals surface area contributed by atoms with Crippen molar-refractivity contribution in [3.8, 4) is 0 Å². The Labute approximate surface area is 181 Å². The average Bonchev–Trinajstić information content (AvgIpc) is 2.74. The van der Waals surface area contributed by atoms with Gasteiger partial charge in [-0.05, 0) is 72.6 Å². The molecular formula is C22H30BrNO5. The maximum Gasteiger partial charge on any atom is 0.316 e. The molecule has 0 aromatic heterocycles. The summed E-state index contributed by atoms with van der Waals surface area (Å²) in [4.78, 5) is 31.8. The fourth-order valence-electron chi connectivity index (χ4n) is 3.12. The Morgan fingerprint density at radius 3 is 2.34 bits per heavy atom. The molecule has 0 N–H and O–H groups in total. The van der Waals surface area contributed by atoms with E-state index < -0.39 is 16.9 Å². The first kappa shape index (κ1) is 23.6. The number of nitrogens with zero attached hydrogens (tertiary/aromatic N) is 1. The molecule has 0 unspecified atom stereocenters. The Morgan fingerprint density at radius 1 is 1.21 bits per heavy atom. The third kappa shape index (κ3) is 4.73. The Balaban J connectivity index is 2.65. The van der Waals surface area contributed by atoms with Crippen LogP contribution in [0.25, 0.3) is 5.57 Å². The van der Waals surface area contributed by atoms with E-state index in [0.717, 1.165) is 15.6 Å². The third-order valence-corrected chi connectivity index (χ3v) is 5.27. The summed E-state index contributed by atoms with van der Waals surface area (Å²) in [6.07, 6.45) is 0. The van der Waals surface area contributed by atoms with Crippen molar-refractivity contribution in [3.63, 3.8) is 0 Å². The topological polar surface area (TPSA) is 65.1 Å². The minimum Gasteiger partial charge on any atom is -0.427 e. The van der Waals surface area contributed by atoms with Crippen molar-refractivity contribution in [1.29, 1.82) is 0 Å². The van der Waals surface area contributed by atoms with Crippen LogP contribution in [0.5, 0.6) is 0 Å². The molecule has 0 spiro atoms. The number of carbonyl (C=O) groups excluding carboxylic acids is 2. The normalized spacial score (nSPS) is 16.6. The molecule has 0 bridgehead atoms. The lowest BCUT2D eigenvalue weighted by Crippen LogP contribution is -2.45. The molecule has 0 atom stereocenters. The third-order valence-electron chi connectivity index (χ3n) is 4.65. The van der Waals surface area contributed by atoms with Crippen LogP contribution in [-0.2, 0) is 23.9 Å². The minimum absolute atomic E-state index is 0.0759. The van der Waals surface area contributed by atoms with E-state index in [1.165, 1.54) is 5.06 Å². The van der Waals surface area contributed by atoms with Crippen molar-refractivity contribution in [3.05, 3.63) is 39.1 Å². The summed E-state index contributed by atoms with van der Waals surface area (Å²) in [5.41, 5.74) is 1.23. The number of rotatable bonds is 6. The summed E-state index contributed by atoms with van der Waals surface area (Å²) in [5, 5.41) is 1.23. The molecule has 0 aliphatic carbocycles. The summed E-state index contributed by atoms with van der Waals surface area (Å²) < 4.78 is 11.9. The zero-order valence-electron chi connectivity index (χ0n) is 18.4. The molecule has 1 aromatic rings. The number of hydroxylamine groups is 2. The molecule has 1 aliphatic rings. The van der Waals surface area contributed by atoms with Gasteiger partial charge in [-0.25, -0.2) is 9.90 Å². The second-order valence-corrected chi connectivity index (χ2v) is 9.53. The Morgan fingerprint density at radius 2 is 1.83 bits per heavy atom. The average molecular weight is 468 g/mol. The molecule has 1 amide bonds. The zero-order valence-corrected chi connectivity index (χ0v) is 20.0. The number of aryl methyl sites for hydroxylation is 2. The number of carbonyl (C=O) groups is 2. The van der Waals surface area contributed by atoms with Crippen LogP contribution in [0.4, 0.5) is 0 Å². The molecule has 2 rings (SSSR count). The second-order valence-electron chi connectivity index (χ2n) is 8.68. The van der Waals surface area contributed by atoms with E-state index in [2.05, 4.69) is 15.9 Å². The van der Waals surface area contributed by atoms with Gasteiger partial charge in [0.2, 0.25) is 0 Å². The van der Waals surface area contributed by atoms with E-state index in [0.29, 0.717) is 17.7 Å². The van der Waals surface area contributed by atoms with Crippen molar-refractivity contribution < 1.29 is 23.9 Å². The number of amides is 1. The maximum atomic E-state index is 13.4. The lowest BCUT2D eigenvalue weighted by molar-refractivity contribution is -0.243. The lowest BCUT2D eigenvalue weighted by atomic mass is 9.94. The fourth-order valence-corrected chi connectivity index (χ4v) is 3.99. The summed E-state index contributed by atoms with van der Waals surface area (Å²) in [6.45, 7) is 15.0. The highest BCUT2D eigenvalue weighted by atomic mass is 79.9. The summed E-state index contributed by atoms with van der Waals surface area (Å²) in [7, 11) is 0. The first-order valence-electron chi connectivity index (χ1n) is 9.61. The van der Waals surface area contributed by atoms with Crippen molar-refractivity contribution in [1.82, 2.24) is 5.06 Å². The predicted molar refractivity (Wildman–Crippen MR) is 115 cm³/mol. The van der Waals surface area contributed by atoms with Gasteiger partial charge in [0, 0.05) is 16.6 Å². The molecule has 1 aromatic carbocycles. The monoisotopic (exact) mass is 467 g/mol. The molecular weight excluding hydrogens is 438 g/mol. The van der Waals surface area contributed by atoms with Crippen LogP contribution in [0.2, 0.25) is 0 Å². The van der Waals surface area contributed by atoms with Crippen molar-refractivity contribution >= 4 is 33.4 Å². The highest BCUT2D eigenvalue weighted by molar-refractivity contribution is 9.10. The van der Waals surface area contributed by atoms with Crippen LogP contribution in [-0.4, -0.2) is 35.9 Å². The van der Waals surface area contributed by atoms with Crippen LogP contribution >= 0.6 is 15.9 Å². The van der Waals surface area contributed by atoms with E-state index in [9.17, 15) is 9.59 Å². The fraction of sp³-hybridized carbons (Fsp3) is 0.545. The number of ether oxygens (including phenoxy) is 2. The van der Waals surface area contributed by atoms with Gasteiger partial charge >= 0.3 is 5.97 Å². The van der Waals surface area contributed by atoms with E-state index in [-0.39, 0.29) is 18.5 Å². The number of benzene rings is 1. The van der Waals surface area contributed by atoms with Gasteiger partial charge in [-0.1, -0.05) is 22.0 Å². The second kappa shape index (κ2) is 8.58. The Hall–Kier alpha value is -1.70. The number of halogens is 1. The van der Waals surface area contributed by atoms with Gasteiger partial charge in [-0.3, -0.25) is 9.59 Å². The van der Waals surface area contributed by atoms with Gasteiger partial charge in [0.1, 0.15) is 11.3 Å². The summed E-state index contributed by atoms with van der Waals surface area (Å²) in [5.74, 6) is -0.524. The molecule has 0 fully saturated rings. The van der Waals surface area contributed by atoms with Gasteiger partial charge in [-0.2, -0.15) is 0 Å². The highest BCUT2D eigenvalue weighted by Crippen LogP contribution is 2.44. The van der Waals surface area contributed by atoms with E-state index in [1.807, 2.05) is 32.9 Å². The Bertz CT molecular complexity index is 828. The standard InChI is InChI=1S/C22H30BrNO5/c1-9-27-12-28-24-19(25)17(16-14(3)10-13(2)11-15(16)23)18(22(24,7)8)29-20(26)21(4,5)6/h10-11H,9,12H2,1-8H3. The van der Waals surface area contributed by atoms with Gasteiger partial charge in [0.05, 0.1) is 11.0 Å². The largest absolute Gasteiger partial charge is 0.427 e. The molecule has 0 radical (unpaired) electrons. The highest BCUT2D eigenvalue weighted by Gasteiger charge is 2.51. The van der Waals surface area contributed by atoms with Crippen LogP contribution < -0.4 is 0 Å². The lowest BCUT2D eigenvalue weighted by Gasteiger charge is -2.32. The minimum atomic E-state index is -0.999. The molecule has 1 heterocycles. The zero-order chi connectivity index (χ0) is 22.1. The van der Waals surface area contributed by atoms with Gasteiger partial charge in [-0.15, -0.1) is 0 Å². The molecule has 0 saturated heterocycles. The quantitative estimate of drug-likeness (QED) is 0.337. The van der Waals surface area contributed by atoms with Crippen LogP contribution in [0.15, 0.2) is 22.4 Å². The van der Waals surface area contributed by atoms with Crippen LogP contribution in [0.3, 0.4) is 0 Å². The number of esters is 1. The predicted octanol–water partition coefficient (Wildman–Crippen LogP) is 4.91. The van der Waals surface area contributed by atoms with E-state index >= 15 is 0 Å². The molecule has 160 valence electrons. The van der Waals surface area contributed by atoms with Crippen molar-refractivity contribution in [2.75, 3.05) is 13.4 Å². The van der Waals surface area contributed by atoms with Gasteiger partial charge < -0.3 is 9.47 Å². The number of hydrogen-bond donors (Lipinski definition) is 0. The molecule has 6 nitrogen and oxygen atoms in total. The van der Waals surface area contributed by atoms with E-state index in [4.69, 9.17) is 14.3 Å². The van der Waals surface area contributed by atoms with Crippen molar-refractivity contribution in [2.24, 2.45) is 5.41 Å². The molecule has 0 saturated carbocycles. The van der Waals surface area contributed by atoms with Crippen molar-refractivity contribution in [2.45, 2.75) is 60.9 Å². The smallest absolute Gasteiger partial charge is 0.316 e. The molecule has 1 aliphatic heterocycles. The van der Waals surface area contributed by atoms with Gasteiger partial charge in [0.15, 0.2) is 6.79 Å². The Kier molecular flexibility index (Phi) is 6.97. The van der Waals surface area contributed by atoms with E-state index in [1.54, 1.807) is 34.6 Å². The first-order chi connectivity index (χ1) is 13.3. The number of hydrogen-bond acceptors (Lipinski definition) is 5. The first-order valence-corrected chi connectivity index (χ1v) is 10.4. The molecule has 7 heteroatoms. The summed E-state index contributed by atoms with van der Waals surface area (Å²) in [6, 6.07) is 3.92. The molecule has 29 heavy (non-hydrogen) atoms. The maximum absolute atomic E-state index is 13.4. The van der Waals surface area contributed by atoms with Crippen LogP contribution in [0.1, 0.15) is 58.2 Å².